The van der Waals surface area contributed by atoms with Gasteiger partial charge < -0.3 is 5.73 Å². The minimum Gasteiger partial charge on any atom is -0.369 e. The van der Waals surface area contributed by atoms with Gasteiger partial charge in [0.2, 0.25) is 11.8 Å². The molecule has 2 aliphatic carbocycles. The molecule has 3 amide bonds. The fourth-order valence-electron chi connectivity index (χ4n) is 4.37. The van der Waals surface area contributed by atoms with Crippen LogP contribution in [-0.2, 0) is 19.2 Å². The van der Waals surface area contributed by atoms with Crippen molar-refractivity contribution in [2.45, 2.75) is 25.7 Å². The Labute approximate surface area is 305 Å². The Balaban J connectivity index is 0.000000200. The van der Waals surface area contributed by atoms with E-state index in [4.69, 9.17) is 40.5 Å². The van der Waals surface area contributed by atoms with Crippen molar-refractivity contribution in [3.8, 4) is 0 Å². The van der Waals surface area contributed by atoms with Crippen LogP contribution in [0.15, 0.2) is 84.9 Å². The maximum absolute atomic E-state index is 14.2. The van der Waals surface area contributed by atoms with E-state index in [-0.39, 0.29) is 45.9 Å². The summed E-state index contributed by atoms with van der Waals surface area (Å²) < 4.78 is 54.0. The molecule has 0 radical (unpaired) electrons. The maximum atomic E-state index is 14.2. The van der Waals surface area contributed by atoms with E-state index >= 15 is 0 Å². The molecule has 0 atom stereocenters. The number of carbonyl (C=O) groups is 4. The highest BCUT2D eigenvalue weighted by atomic mass is 35.5. The van der Waals surface area contributed by atoms with Gasteiger partial charge in [-0.3, -0.25) is 24.5 Å². The highest BCUT2D eigenvalue weighted by Crippen LogP contribution is 2.30. The molecule has 6 nitrogen and oxygen atoms in total. The summed E-state index contributed by atoms with van der Waals surface area (Å²) in [6, 6.07) is 19.0. The van der Waals surface area contributed by atoms with Crippen molar-refractivity contribution in [3.63, 3.8) is 0 Å². The van der Waals surface area contributed by atoms with Gasteiger partial charge in [0.25, 0.3) is 11.1 Å². The van der Waals surface area contributed by atoms with Crippen molar-refractivity contribution >= 4 is 81.1 Å². The summed E-state index contributed by atoms with van der Waals surface area (Å²) in [4.78, 5) is 45.8. The Morgan fingerprint density at radius 2 is 1.04 bits per heavy atom. The summed E-state index contributed by atoms with van der Waals surface area (Å²) in [5.74, 6) is -4.36. The lowest BCUT2D eigenvalue weighted by atomic mass is 10.0. The lowest BCUT2D eigenvalue weighted by molar-refractivity contribution is -0.128. The van der Waals surface area contributed by atoms with Gasteiger partial charge in [0.15, 0.2) is 0 Å². The highest BCUT2D eigenvalue weighted by molar-refractivity contribution is 6.75. The Morgan fingerprint density at radius 1 is 0.627 bits per heavy atom. The van der Waals surface area contributed by atoms with Crippen molar-refractivity contribution < 1.29 is 36.7 Å². The van der Waals surface area contributed by atoms with Gasteiger partial charge in [-0.15, -0.1) is 0 Å². The van der Waals surface area contributed by atoms with Crippen LogP contribution in [0.4, 0.5) is 17.6 Å². The number of rotatable bonds is 8. The number of hydrogen-bond donors (Lipinski definition) is 2. The van der Waals surface area contributed by atoms with E-state index < -0.39 is 34.4 Å². The number of hydrogen-bond acceptors (Lipinski definition) is 4. The molecular formula is C38H29Cl3F4N2O4. The minimum absolute atomic E-state index is 0.0495. The van der Waals surface area contributed by atoms with Crippen LogP contribution in [-0.4, -0.2) is 23.0 Å². The average Bonchev–Trinajstić information content (AvgIpc) is 3.99. The molecule has 2 fully saturated rings. The standard InChI is InChI=1S/C19H14ClF2NO2.C15H8Cl2F2O.C4H7NO/c20-13-5-1-11(2-6-13)9-16(15-8-7-14(21)10-17(15)22)19(25)23-18(24)12-3-4-12;16-10-3-1-9(2-4-10)7-13(15(17)20)12-6-5-11(18)8-14(12)19;5-4(6)3-1-2-3/h1-2,5-10,12H,3-4H2,(H,23,24,25);1-8H;3H,1-2H2,(H2,5,6)/b16-9+;13-7+;. The quantitative estimate of drug-likeness (QED) is 0.0810. The molecule has 0 saturated heterocycles. The Kier molecular flexibility index (Phi) is 13.7. The van der Waals surface area contributed by atoms with Gasteiger partial charge in [-0.05, 0) is 109 Å². The van der Waals surface area contributed by atoms with Gasteiger partial charge in [0.1, 0.15) is 23.3 Å². The van der Waals surface area contributed by atoms with Gasteiger partial charge >= 0.3 is 0 Å². The SMILES string of the molecule is NC(=O)C1CC1.O=C(Cl)/C(=C/c1ccc(Cl)cc1)c1ccc(F)cc1F.O=C(NC(=O)C1CC1)/C(=C/c1ccc(Cl)cc1)c1ccc(F)cc1F. The summed E-state index contributed by atoms with van der Waals surface area (Å²) in [7, 11) is 0. The minimum atomic E-state index is -0.880. The van der Waals surface area contributed by atoms with Crippen LogP contribution >= 0.6 is 34.8 Å². The molecule has 0 spiro atoms. The molecule has 51 heavy (non-hydrogen) atoms. The molecule has 6 rings (SSSR count). The molecule has 264 valence electrons. The van der Waals surface area contributed by atoms with Crippen molar-refractivity contribution in [1.82, 2.24) is 5.32 Å². The number of imide groups is 1. The fourth-order valence-corrected chi connectivity index (χ4v) is 4.78. The number of halogens is 7. The van der Waals surface area contributed by atoms with Crippen molar-refractivity contribution in [1.29, 1.82) is 0 Å². The molecule has 0 unspecified atom stereocenters. The first-order chi connectivity index (χ1) is 24.2. The molecular weight excluding hydrogens is 731 g/mol. The summed E-state index contributed by atoms with van der Waals surface area (Å²) in [6.45, 7) is 0. The zero-order valence-corrected chi connectivity index (χ0v) is 28.8. The number of amides is 3. The van der Waals surface area contributed by atoms with E-state index in [0.29, 0.717) is 33.3 Å². The highest BCUT2D eigenvalue weighted by Gasteiger charge is 2.32. The predicted molar refractivity (Wildman–Crippen MR) is 190 cm³/mol. The first-order valence-electron chi connectivity index (χ1n) is 15.4. The maximum Gasteiger partial charge on any atom is 0.258 e. The van der Waals surface area contributed by atoms with Crippen LogP contribution < -0.4 is 11.1 Å². The fraction of sp³-hybridized carbons (Fsp3) is 0.158. The Hall–Kier alpha value is -4.77. The first-order valence-corrected chi connectivity index (χ1v) is 16.5. The van der Waals surface area contributed by atoms with Crippen LogP contribution in [0.5, 0.6) is 0 Å². The monoisotopic (exact) mass is 758 g/mol. The van der Waals surface area contributed by atoms with Crippen LogP contribution in [0.2, 0.25) is 10.0 Å². The smallest absolute Gasteiger partial charge is 0.258 e. The Morgan fingerprint density at radius 3 is 1.39 bits per heavy atom. The van der Waals surface area contributed by atoms with E-state index in [9.17, 15) is 36.7 Å². The number of benzene rings is 4. The lowest BCUT2D eigenvalue weighted by Gasteiger charge is -2.10. The van der Waals surface area contributed by atoms with Crippen molar-refractivity contribution in [2.24, 2.45) is 17.6 Å². The number of primary amides is 1. The van der Waals surface area contributed by atoms with Crippen LogP contribution in [0.1, 0.15) is 47.9 Å². The van der Waals surface area contributed by atoms with Gasteiger partial charge in [-0.1, -0.05) is 47.5 Å². The van der Waals surface area contributed by atoms with Gasteiger partial charge in [-0.2, -0.15) is 0 Å². The second kappa shape index (κ2) is 17.9. The summed E-state index contributed by atoms with van der Waals surface area (Å²) >= 11 is 17.1. The summed E-state index contributed by atoms with van der Waals surface area (Å²) in [5, 5.41) is 2.50. The number of carbonyl (C=O) groups excluding carboxylic acids is 4. The lowest BCUT2D eigenvalue weighted by Crippen LogP contribution is -2.32. The Bertz CT molecular complexity index is 1990. The number of allylic oxidation sites excluding steroid dienone is 1. The van der Waals surface area contributed by atoms with Crippen LogP contribution in [0, 0.1) is 35.1 Å². The largest absolute Gasteiger partial charge is 0.369 e. The topological polar surface area (TPSA) is 106 Å². The first kappa shape index (κ1) is 39.0. The third-order valence-corrected chi connectivity index (χ3v) is 8.13. The van der Waals surface area contributed by atoms with Gasteiger partial charge in [-0.25, -0.2) is 17.6 Å². The number of nitrogens with one attached hydrogen (secondary N) is 1. The molecule has 4 aromatic carbocycles. The van der Waals surface area contributed by atoms with Gasteiger partial charge in [0.05, 0.1) is 5.57 Å². The zero-order chi connectivity index (χ0) is 37.2. The van der Waals surface area contributed by atoms with E-state index in [1.54, 1.807) is 48.5 Å². The molecule has 3 N–H and O–H groups in total. The molecule has 13 heteroatoms. The van der Waals surface area contributed by atoms with Crippen LogP contribution in [0.3, 0.4) is 0 Å². The molecule has 0 aliphatic heterocycles. The molecule has 0 bridgehead atoms. The van der Waals surface area contributed by atoms with Crippen molar-refractivity contribution in [2.75, 3.05) is 0 Å². The molecule has 2 saturated carbocycles. The summed E-state index contributed by atoms with van der Waals surface area (Å²) in [5.41, 5.74) is 5.83. The van der Waals surface area contributed by atoms with E-state index in [0.717, 1.165) is 37.8 Å². The average molecular weight is 760 g/mol. The number of nitrogens with two attached hydrogens (primary N) is 1. The van der Waals surface area contributed by atoms with Crippen LogP contribution in [0.25, 0.3) is 23.3 Å². The normalized spacial score (nSPS) is 13.9. The molecule has 2 aliphatic rings. The van der Waals surface area contributed by atoms with Crippen molar-refractivity contribution in [3.05, 3.63) is 140 Å². The molecule has 0 heterocycles. The van der Waals surface area contributed by atoms with E-state index in [2.05, 4.69) is 5.32 Å². The zero-order valence-electron chi connectivity index (χ0n) is 26.6. The van der Waals surface area contributed by atoms with E-state index in [1.807, 2.05) is 0 Å². The molecule has 4 aromatic rings. The predicted octanol–water partition coefficient (Wildman–Crippen LogP) is 9.02. The second-order valence-corrected chi connectivity index (χ2v) is 12.7. The second-order valence-electron chi connectivity index (χ2n) is 11.5. The molecule has 0 aromatic heterocycles. The van der Waals surface area contributed by atoms with Gasteiger partial charge in [0, 0.05) is 50.7 Å². The third-order valence-electron chi connectivity index (χ3n) is 7.43. The third kappa shape index (κ3) is 12.2. The summed E-state index contributed by atoms with van der Waals surface area (Å²) in [6.07, 6.45) is 6.37. The van der Waals surface area contributed by atoms with E-state index in [1.165, 1.54) is 24.3 Å².